The van der Waals surface area contributed by atoms with Crippen molar-refractivity contribution < 1.29 is 9.94 Å². The number of ether oxygens (including phenoxy) is 1. The van der Waals surface area contributed by atoms with E-state index in [1.54, 1.807) is 11.3 Å². The molecule has 1 aliphatic rings. The van der Waals surface area contributed by atoms with Gasteiger partial charge in [-0.2, -0.15) is 0 Å². The van der Waals surface area contributed by atoms with Gasteiger partial charge in [0, 0.05) is 25.9 Å². The first-order valence-electron chi connectivity index (χ1n) is 6.47. The van der Waals surface area contributed by atoms with Crippen LogP contribution in [-0.4, -0.2) is 10.9 Å². The van der Waals surface area contributed by atoms with Gasteiger partial charge in [0.15, 0.2) is 0 Å². The second-order valence-electron chi connectivity index (χ2n) is 4.70. The van der Waals surface area contributed by atoms with Crippen LogP contribution in [0.2, 0.25) is 0 Å². The maximum Gasteiger partial charge on any atom is 0.123 e. The van der Waals surface area contributed by atoms with Crippen molar-refractivity contribution in [2.75, 3.05) is 0 Å². The van der Waals surface area contributed by atoms with Crippen LogP contribution in [0, 0.1) is 0 Å². The third kappa shape index (κ3) is 2.74. The number of fused-ring (bicyclic) bond motifs is 1. The molecule has 1 aromatic carbocycles. The van der Waals surface area contributed by atoms with Crippen molar-refractivity contribution >= 4 is 33.0 Å². The predicted octanol–water partition coefficient (Wildman–Crippen LogP) is 4.60. The van der Waals surface area contributed by atoms with Crippen molar-refractivity contribution in [3.05, 3.63) is 50.1 Å². The third-order valence-electron chi connectivity index (χ3n) is 3.40. The van der Waals surface area contributed by atoms with Crippen molar-refractivity contribution in [1.82, 2.24) is 0 Å². The summed E-state index contributed by atoms with van der Waals surface area (Å²) in [6.45, 7) is 0.568. The van der Waals surface area contributed by atoms with Gasteiger partial charge in [0.05, 0.1) is 5.71 Å². The molecule has 1 aromatic heterocycles. The smallest absolute Gasteiger partial charge is 0.123 e. The molecule has 20 heavy (non-hydrogen) atoms. The summed E-state index contributed by atoms with van der Waals surface area (Å²) in [5.74, 6) is 0.896. The number of halogens is 1. The van der Waals surface area contributed by atoms with Crippen molar-refractivity contribution in [2.45, 2.75) is 25.9 Å². The fourth-order valence-electron chi connectivity index (χ4n) is 2.48. The number of rotatable bonds is 3. The number of thiophene rings is 1. The normalized spacial score (nSPS) is 16.1. The first-order chi connectivity index (χ1) is 9.78. The molecule has 0 saturated carbocycles. The van der Waals surface area contributed by atoms with Gasteiger partial charge in [0.1, 0.15) is 12.4 Å². The molecule has 0 spiro atoms. The highest BCUT2D eigenvalue weighted by molar-refractivity contribution is 9.10. The zero-order valence-electron chi connectivity index (χ0n) is 10.8. The molecule has 1 aliphatic carbocycles. The van der Waals surface area contributed by atoms with Crippen LogP contribution < -0.4 is 4.74 Å². The topological polar surface area (TPSA) is 41.8 Å². The molecule has 3 rings (SSSR count). The lowest BCUT2D eigenvalue weighted by Gasteiger charge is -2.20. The van der Waals surface area contributed by atoms with E-state index >= 15 is 0 Å². The van der Waals surface area contributed by atoms with Crippen LogP contribution in [0.3, 0.4) is 0 Å². The van der Waals surface area contributed by atoms with E-state index in [2.05, 4.69) is 32.5 Å². The number of hydrogen-bond acceptors (Lipinski definition) is 4. The molecule has 0 saturated heterocycles. The minimum absolute atomic E-state index is 0.568. The van der Waals surface area contributed by atoms with Crippen LogP contribution in [-0.2, 0) is 13.0 Å². The molecular weight excluding hydrogens is 338 g/mol. The monoisotopic (exact) mass is 351 g/mol. The van der Waals surface area contributed by atoms with Gasteiger partial charge in [-0.3, -0.25) is 0 Å². The predicted molar refractivity (Wildman–Crippen MR) is 84.1 cm³/mol. The zero-order chi connectivity index (χ0) is 13.9. The lowest BCUT2D eigenvalue weighted by Crippen LogP contribution is -2.13. The molecule has 0 unspecified atom stereocenters. The molecular formula is C15H14BrNO2S. The van der Waals surface area contributed by atoms with Crippen molar-refractivity contribution in [2.24, 2.45) is 5.16 Å². The van der Waals surface area contributed by atoms with E-state index in [1.807, 2.05) is 18.2 Å². The minimum atomic E-state index is 0.568. The zero-order valence-corrected chi connectivity index (χ0v) is 13.2. The van der Waals surface area contributed by atoms with Crippen LogP contribution >= 0.6 is 27.3 Å². The van der Waals surface area contributed by atoms with Gasteiger partial charge in [-0.15, -0.1) is 11.3 Å². The van der Waals surface area contributed by atoms with Crippen molar-refractivity contribution in [1.29, 1.82) is 0 Å². The largest absolute Gasteiger partial charge is 0.488 e. The first kappa shape index (κ1) is 13.6. The highest BCUT2D eigenvalue weighted by atomic mass is 79.9. The molecule has 0 atom stereocenters. The minimum Gasteiger partial charge on any atom is -0.488 e. The molecule has 104 valence electrons. The van der Waals surface area contributed by atoms with Gasteiger partial charge in [-0.25, -0.2) is 0 Å². The Morgan fingerprint density at radius 1 is 1.35 bits per heavy atom. The SMILES string of the molecule is ON=C1CCCc2c(OCc3cc(Br)cs3)cccc21. The molecule has 1 heterocycles. The molecule has 0 fully saturated rings. The number of nitrogens with zero attached hydrogens (tertiary/aromatic N) is 1. The summed E-state index contributed by atoms with van der Waals surface area (Å²) in [5.41, 5.74) is 2.93. The molecule has 0 radical (unpaired) electrons. The van der Waals surface area contributed by atoms with E-state index in [0.717, 1.165) is 46.3 Å². The Morgan fingerprint density at radius 2 is 2.25 bits per heavy atom. The summed E-state index contributed by atoms with van der Waals surface area (Å²) in [7, 11) is 0. The highest BCUT2D eigenvalue weighted by Gasteiger charge is 2.19. The van der Waals surface area contributed by atoms with Gasteiger partial charge in [0.2, 0.25) is 0 Å². The summed E-state index contributed by atoms with van der Waals surface area (Å²) in [6.07, 6.45) is 2.79. The van der Waals surface area contributed by atoms with E-state index < -0.39 is 0 Å². The fourth-order valence-corrected chi connectivity index (χ4v) is 3.84. The van der Waals surface area contributed by atoms with Crippen molar-refractivity contribution in [3.8, 4) is 5.75 Å². The number of hydrogen-bond donors (Lipinski definition) is 1. The standard InChI is InChI=1S/C15H14BrNO2S/c16-10-7-11(20-9-10)8-19-15-6-2-3-12-13(15)4-1-5-14(12)17-18/h2-3,6-7,9,18H,1,4-5,8H2. The Kier molecular flexibility index (Phi) is 4.08. The highest BCUT2D eigenvalue weighted by Crippen LogP contribution is 2.31. The average molecular weight is 352 g/mol. The molecule has 2 aromatic rings. The van der Waals surface area contributed by atoms with E-state index in [1.165, 1.54) is 4.88 Å². The van der Waals surface area contributed by atoms with Crippen LogP contribution in [0.25, 0.3) is 0 Å². The summed E-state index contributed by atoms with van der Waals surface area (Å²) >= 11 is 5.12. The van der Waals surface area contributed by atoms with Crippen molar-refractivity contribution in [3.63, 3.8) is 0 Å². The Bertz CT molecular complexity index is 651. The second-order valence-corrected chi connectivity index (χ2v) is 6.61. The third-order valence-corrected chi connectivity index (χ3v) is 5.07. The molecule has 3 nitrogen and oxygen atoms in total. The summed E-state index contributed by atoms with van der Waals surface area (Å²) in [6, 6.07) is 8.01. The van der Waals surface area contributed by atoms with E-state index in [4.69, 9.17) is 9.94 Å². The van der Waals surface area contributed by atoms with Gasteiger partial charge in [-0.1, -0.05) is 17.3 Å². The van der Waals surface area contributed by atoms with Crippen LogP contribution in [0.1, 0.15) is 28.8 Å². The van der Waals surface area contributed by atoms with Crippen LogP contribution in [0.5, 0.6) is 5.75 Å². The summed E-state index contributed by atoms with van der Waals surface area (Å²) in [4.78, 5) is 1.18. The first-order valence-corrected chi connectivity index (χ1v) is 8.14. The van der Waals surface area contributed by atoms with Gasteiger partial charge >= 0.3 is 0 Å². The lowest BCUT2D eigenvalue weighted by molar-refractivity contribution is 0.305. The Labute approximate surface area is 130 Å². The molecule has 1 N–H and O–H groups in total. The lowest BCUT2D eigenvalue weighted by atomic mass is 9.89. The van der Waals surface area contributed by atoms with E-state index in [-0.39, 0.29) is 0 Å². The molecule has 5 heteroatoms. The fraction of sp³-hybridized carbons (Fsp3) is 0.267. The van der Waals surface area contributed by atoms with E-state index in [9.17, 15) is 0 Å². The summed E-state index contributed by atoms with van der Waals surface area (Å²) in [5, 5.41) is 14.5. The molecule has 0 aliphatic heterocycles. The van der Waals surface area contributed by atoms with Crippen LogP contribution in [0.15, 0.2) is 39.3 Å². The van der Waals surface area contributed by atoms with E-state index in [0.29, 0.717) is 6.61 Å². The number of benzene rings is 1. The second kappa shape index (κ2) is 5.97. The Balaban J connectivity index is 1.83. The Morgan fingerprint density at radius 3 is 3.00 bits per heavy atom. The van der Waals surface area contributed by atoms with Gasteiger partial charge < -0.3 is 9.94 Å². The Hall–Kier alpha value is -1.33. The molecule has 0 bridgehead atoms. The average Bonchev–Trinajstić information content (AvgIpc) is 2.90. The maximum absolute atomic E-state index is 9.08. The number of oxime groups is 1. The maximum atomic E-state index is 9.08. The molecule has 0 amide bonds. The summed E-state index contributed by atoms with van der Waals surface area (Å²) < 4.78 is 7.04. The van der Waals surface area contributed by atoms with Crippen LogP contribution in [0.4, 0.5) is 0 Å². The quantitative estimate of drug-likeness (QED) is 0.648. The van der Waals surface area contributed by atoms with Gasteiger partial charge in [0.25, 0.3) is 0 Å². The van der Waals surface area contributed by atoms with Gasteiger partial charge in [-0.05, 0) is 47.3 Å².